The molecule has 5 heteroatoms. The molecule has 0 amide bonds. The van der Waals surface area contributed by atoms with Crippen LogP contribution in [0.15, 0.2) is 42.5 Å². The number of fused-ring (bicyclic) bond motifs is 3. The van der Waals surface area contributed by atoms with Crippen molar-refractivity contribution < 1.29 is 17.9 Å². The molecule has 2 nitrogen and oxygen atoms in total. The molecule has 0 saturated carbocycles. The van der Waals surface area contributed by atoms with Gasteiger partial charge in [0, 0.05) is 11.1 Å². The second kappa shape index (κ2) is 6.24. The highest BCUT2D eigenvalue weighted by Gasteiger charge is 2.33. The maximum Gasteiger partial charge on any atom is 0.416 e. The largest absolute Gasteiger partial charge is 0.485 e. The summed E-state index contributed by atoms with van der Waals surface area (Å²) in [5.74, 6) is 0.520. The van der Waals surface area contributed by atoms with Crippen molar-refractivity contribution in [3.05, 3.63) is 53.6 Å². The minimum atomic E-state index is -4.35. The number of alkyl halides is 3. The van der Waals surface area contributed by atoms with Crippen LogP contribution in [0, 0.1) is 0 Å². The number of hydrogen-bond acceptors (Lipinski definition) is 2. The third-order valence-corrected chi connectivity index (χ3v) is 4.07. The quantitative estimate of drug-likeness (QED) is 0.816. The lowest BCUT2D eigenvalue weighted by Crippen LogP contribution is -2.17. The van der Waals surface area contributed by atoms with E-state index in [1.807, 2.05) is 31.3 Å². The molecular formula is C18H18F3NO. The maximum atomic E-state index is 13.0. The Balaban J connectivity index is 2.00. The lowest BCUT2D eigenvalue weighted by Gasteiger charge is -2.29. The number of nitrogens with one attached hydrogen (secondary N) is 1. The molecule has 23 heavy (non-hydrogen) atoms. The Kier molecular flexibility index (Phi) is 4.31. The molecule has 1 aliphatic heterocycles. The third kappa shape index (κ3) is 3.20. The fraction of sp³-hybridized carbons (Fsp3) is 0.333. The van der Waals surface area contributed by atoms with E-state index in [0.29, 0.717) is 11.3 Å². The number of benzene rings is 2. The van der Waals surface area contributed by atoms with E-state index in [0.717, 1.165) is 36.6 Å². The van der Waals surface area contributed by atoms with Crippen molar-refractivity contribution in [2.45, 2.75) is 25.1 Å². The zero-order valence-electron chi connectivity index (χ0n) is 12.8. The van der Waals surface area contributed by atoms with Crippen LogP contribution in [0.2, 0.25) is 0 Å². The summed E-state index contributed by atoms with van der Waals surface area (Å²) in [6, 6.07) is 11.2. The van der Waals surface area contributed by atoms with Crippen molar-refractivity contribution in [2.75, 3.05) is 13.6 Å². The van der Waals surface area contributed by atoms with E-state index in [9.17, 15) is 13.2 Å². The van der Waals surface area contributed by atoms with Crippen LogP contribution >= 0.6 is 0 Å². The van der Waals surface area contributed by atoms with Crippen LogP contribution in [0.25, 0.3) is 11.1 Å². The van der Waals surface area contributed by atoms with Crippen molar-refractivity contribution in [3.8, 4) is 16.9 Å². The van der Waals surface area contributed by atoms with Crippen molar-refractivity contribution in [2.24, 2.45) is 0 Å². The van der Waals surface area contributed by atoms with Crippen LogP contribution in [-0.2, 0) is 6.18 Å². The van der Waals surface area contributed by atoms with Crippen LogP contribution in [0.3, 0.4) is 0 Å². The molecule has 0 aliphatic carbocycles. The molecular weight excluding hydrogens is 303 g/mol. The Morgan fingerprint density at radius 3 is 2.61 bits per heavy atom. The van der Waals surface area contributed by atoms with Gasteiger partial charge in [0.25, 0.3) is 0 Å². The van der Waals surface area contributed by atoms with Crippen molar-refractivity contribution in [1.82, 2.24) is 5.32 Å². The van der Waals surface area contributed by atoms with Gasteiger partial charge in [-0.3, -0.25) is 0 Å². The Labute approximate surface area is 133 Å². The summed E-state index contributed by atoms with van der Waals surface area (Å²) in [6.07, 6.45) is -2.72. The lowest BCUT2D eigenvalue weighted by molar-refractivity contribution is -0.137. The van der Waals surface area contributed by atoms with Gasteiger partial charge in [-0.15, -0.1) is 0 Å². The average molecular weight is 321 g/mol. The highest BCUT2D eigenvalue weighted by Crippen LogP contribution is 2.45. The molecule has 0 saturated heterocycles. The molecule has 1 N–H and O–H groups in total. The number of rotatable bonds is 4. The monoisotopic (exact) mass is 321 g/mol. The summed E-state index contributed by atoms with van der Waals surface area (Å²) in [5, 5.41) is 3.09. The minimum Gasteiger partial charge on any atom is -0.485 e. The fourth-order valence-electron chi connectivity index (χ4n) is 2.94. The molecule has 122 valence electrons. The first-order valence-corrected chi connectivity index (χ1v) is 7.62. The number of halogens is 3. The van der Waals surface area contributed by atoms with Gasteiger partial charge < -0.3 is 10.1 Å². The minimum absolute atomic E-state index is 0.121. The third-order valence-electron chi connectivity index (χ3n) is 4.07. The Morgan fingerprint density at radius 1 is 1.09 bits per heavy atom. The Morgan fingerprint density at radius 2 is 1.87 bits per heavy atom. The van der Waals surface area contributed by atoms with Gasteiger partial charge in [0.05, 0.1) is 5.56 Å². The molecule has 1 atom stereocenters. The Bertz CT molecular complexity index is 697. The van der Waals surface area contributed by atoms with E-state index in [4.69, 9.17) is 4.74 Å². The first-order valence-electron chi connectivity index (χ1n) is 7.62. The van der Waals surface area contributed by atoms with Gasteiger partial charge in [-0.1, -0.05) is 24.3 Å². The first-order chi connectivity index (χ1) is 11.0. The smallest absolute Gasteiger partial charge is 0.416 e. The predicted octanol–water partition coefficient (Wildman–Crippen LogP) is 4.81. The van der Waals surface area contributed by atoms with Crippen molar-refractivity contribution in [3.63, 3.8) is 0 Å². The highest BCUT2D eigenvalue weighted by atomic mass is 19.4. The van der Waals surface area contributed by atoms with Gasteiger partial charge in [0.1, 0.15) is 11.9 Å². The normalized spacial score (nSPS) is 16.4. The highest BCUT2D eigenvalue weighted by molar-refractivity contribution is 5.76. The topological polar surface area (TPSA) is 21.3 Å². The van der Waals surface area contributed by atoms with Crippen LogP contribution in [0.5, 0.6) is 5.75 Å². The van der Waals surface area contributed by atoms with Gasteiger partial charge in [-0.25, -0.2) is 0 Å². The second-order valence-electron chi connectivity index (χ2n) is 5.65. The number of ether oxygens (including phenoxy) is 1. The standard InChI is InChI=1S/C18H18F3NO/c1-22-10-4-7-16-14-6-3-2-5-13(14)15-11-12(18(19,20)21)8-9-17(15)23-16/h2-3,5-6,8-9,11,16,22H,4,7,10H2,1H3. The molecule has 0 fully saturated rings. The van der Waals surface area contributed by atoms with Gasteiger partial charge in [-0.05, 0) is 50.2 Å². The van der Waals surface area contributed by atoms with Crippen LogP contribution in [-0.4, -0.2) is 13.6 Å². The molecule has 2 aromatic rings. The molecule has 3 rings (SSSR count). The predicted molar refractivity (Wildman–Crippen MR) is 83.4 cm³/mol. The van der Waals surface area contributed by atoms with Gasteiger partial charge >= 0.3 is 6.18 Å². The molecule has 0 spiro atoms. The summed E-state index contributed by atoms with van der Waals surface area (Å²) in [5.41, 5.74) is 1.65. The van der Waals surface area contributed by atoms with Gasteiger partial charge in [-0.2, -0.15) is 13.2 Å². The summed E-state index contributed by atoms with van der Waals surface area (Å²) in [6.45, 7) is 0.877. The lowest BCUT2D eigenvalue weighted by atomic mass is 9.90. The van der Waals surface area contributed by atoms with E-state index in [1.54, 1.807) is 0 Å². The van der Waals surface area contributed by atoms with E-state index < -0.39 is 11.7 Å². The number of hydrogen-bond donors (Lipinski definition) is 1. The zero-order chi connectivity index (χ0) is 16.4. The molecule has 2 aromatic carbocycles. The fourth-order valence-corrected chi connectivity index (χ4v) is 2.94. The summed E-state index contributed by atoms with van der Waals surface area (Å²) in [7, 11) is 1.89. The molecule has 1 aliphatic rings. The van der Waals surface area contributed by atoms with Crippen LogP contribution in [0.4, 0.5) is 13.2 Å². The summed E-state index contributed by atoms with van der Waals surface area (Å²) >= 11 is 0. The van der Waals surface area contributed by atoms with Gasteiger partial charge in [0.15, 0.2) is 0 Å². The molecule has 1 heterocycles. The maximum absolute atomic E-state index is 13.0. The van der Waals surface area contributed by atoms with Gasteiger partial charge in [0.2, 0.25) is 0 Å². The van der Waals surface area contributed by atoms with E-state index >= 15 is 0 Å². The van der Waals surface area contributed by atoms with E-state index in [-0.39, 0.29) is 6.10 Å². The second-order valence-corrected chi connectivity index (χ2v) is 5.65. The summed E-state index contributed by atoms with van der Waals surface area (Å²) < 4.78 is 44.9. The molecule has 0 radical (unpaired) electrons. The SMILES string of the molecule is CNCCCC1Oc2ccc(C(F)(F)F)cc2-c2ccccc21. The van der Waals surface area contributed by atoms with Crippen LogP contribution < -0.4 is 10.1 Å². The van der Waals surface area contributed by atoms with E-state index in [2.05, 4.69) is 5.32 Å². The average Bonchev–Trinajstić information content (AvgIpc) is 2.54. The summed E-state index contributed by atoms with van der Waals surface area (Å²) in [4.78, 5) is 0. The van der Waals surface area contributed by atoms with Crippen LogP contribution in [0.1, 0.15) is 30.1 Å². The molecule has 1 unspecified atom stereocenters. The zero-order valence-corrected chi connectivity index (χ0v) is 12.8. The first kappa shape index (κ1) is 15.9. The van der Waals surface area contributed by atoms with E-state index in [1.165, 1.54) is 12.1 Å². The Hall–Kier alpha value is -2.01. The van der Waals surface area contributed by atoms with Crippen molar-refractivity contribution in [1.29, 1.82) is 0 Å². The molecule has 0 bridgehead atoms. The van der Waals surface area contributed by atoms with Crippen molar-refractivity contribution >= 4 is 0 Å². The molecule has 0 aromatic heterocycles.